The summed E-state index contributed by atoms with van der Waals surface area (Å²) in [6.07, 6.45) is 8.09. The van der Waals surface area contributed by atoms with Crippen molar-refractivity contribution in [3.05, 3.63) is 0 Å². The SMILES string of the molecule is CCCC(CBr)(CCC)CN1CCCC1CN(C)C. The molecule has 1 aliphatic heterocycles. The van der Waals surface area contributed by atoms with Crippen LogP contribution in [0.15, 0.2) is 0 Å². The number of alkyl halides is 1. The Bertz CT molecular complexity index is 237. The average Bonchev–Trinajstić information content (AvgIpc) is 2.76. The summed E-state index contributed by atoms with van der Waals surface area (Å²) < 4.78 is 0. The first kappa shape index (κ1) is 17.5. The van der Waals surface area contributed by atoms with E-state index in [1.807, 2.05) is 0 Å². The third kappa shape index (κ3) is 5.35. The highest BCUT2D eigenvalue weighted by molar-refractivity contribution is 9.09. The molecule has 114 valence electrons. The molecule has 0 radical (unpaired) electrons. The van der Waals surface area contributed by atoms with Gasteiger partial charge in [0.15, 0.2) is 0 Å². The van der Waals surface area contributed by atoms with E-state index in [0.717, 1.165) is 11.4 Å². The maximum Gasteiger partial charge on any atom is 0.0223 e. The van der Waals surface area contributed by atoms with E-state index < -0.39 is 0 Å². The van der Waals surface area contributed by atoms with Gasteiger partial charge in [-0.3, -0.25) is 4.90 Å². The molecule has 1 unspecified atom stereocenters. The van der Waals surface area contributed by atoms with E-state index in [1.165, 1.54) is 58.2 Å². The standard InChI is InChI=1S/C16H33BrN2/c1-5-9-16(13-17,10-6-2)14-19-11-7-8-15(19)12-18(3)4/h15H,5-14H2,1-4H3. The van der Waals surface area contributed by atoms with E-state index in [-0.39, 0.29) is 0 Å². The molecule has 0 N–H and O–H groups in total. The normalized spacial score (nSPS) is 21.5. The largest absolute Gasteiger partial charge is 0.308 e. The fourth-order valence-corrected chi connectivity index (χ4v) is 4.42. The second-order valence-corrected chi connectivity index (χ2v) is 7.22. The lowest BCUT2D eigenvalue weighted by molar-refractivity contribution is 0.122. The van der Waals surface area contributed by atoms with Gasteiger partial charge in [-0.15, -0.1) is 0 Å². The van der Waals surface area contributed by atoms with Gasteiger partial charge < -0.3 is 4.90 Å². The zero-order valence-electron chi connectivity index (χ0n) is 13.4. The van der Waals surface area contributed by atoms with Crippen molar-refractivity contribution in [2.45, 2.75) is 58.4 Å². The van der Waals surface area contributed by atoms with Crippen LogP contribution in [0.2, 0.25) is 0 Å². The van der Waals surface area contributed by atoms with Gasteiger partial charge in [-0.05, 0) is 51.7 Å². The minimum Gasteiger partial charge on any atom is -0.308 e. The summed E-state index contributed by atoms with van der Waals surface area (Å²) in [5, 5.41) is 1.16. The maximum atomic E-state index is 3.82. The average molecular weight is 333 g/mol. The van der Waals surface area contributed by atoms with Gasteiger partial charge in [0, 0.05) is 24.5 Å². The molecule has 1 rings (SSSR count). The van der Waals surface area contributed by atoms with Crippen LogP contribution in [-0.2, 0) is 0 Å². The molecule has 3 heteroatoms. The van der Waals surface area contributed by atoms with Crippen molar-refractivity contribution in [2.75, 3.05) is 39.1 Å². The predicted molar refractivity (Wildman–Crippen MR) is 89.2 cm³/mol. The smallest absolute Gasteiger partial charge is 0.0223 e. The summed E-state index contributed by atoms with van der Waals surface area (Å²) in [4.78, 5) is 5.12. The Hall–Kier alpha value is 0.400. The van der Waals surface area contributed by atoms with Crippen LogP contribution in [0.1, 0.15) is 52.4 Å². The second kappa shape index (κ2) is 8.63. The van der Waals surface area contributed by atoms with E-state index in [4.69, 9.17) is 0 Å². The first-order valence-electron chi connectivity index (χ1n) is 8.01. The van der Waals surface area contributed by atoms with Crippen LogP contribution < -0.4 is 0 Å². The van der Waals surface area contributed by atoms with Gasteiger partial charge in [0.05, 0.1) is 0 Å². The molecule has 0 saturated carbocycles. The van der Waals surface area contributed by atoms with Gasteiger partial charge >= 0.3 is 0 Å². The minimum atomic E-state index is 0.498. The molecular formula is C16H33BrN2. The third-order valence-corrected chi connectivity index (χ3v) is 5.65. The van der Waals surface area contributed by atoms with Gasteiger partial charge in [0.1, 0.15) is 0 Å². The molecule has 19 heavy (non-hydrogen) atoms. The Labute approximate surface area is 129 Å². The summed E-state index contributed by atoms with van der Waals surface area (Å²) in [6, 6.07) is 0.780. The molecule has 0 aromatic rings. The van der Waals surface area contributed by atoms with E-state index in [2.05, 4.69) is 53.7 Å². The topological polar surface area (TPSA) is 6.48 Å². The molecule has 0 aromatic carbocycles. The number of likely N-dealkylation sites (N-methyl/N-ethyl adjacent to an activating group) is 1. The Balaban J connectivity index is 2.65. The Kier molecular flexibility index (Phi) is 7.93. The Morgan fingerprint density at radius 1 is 1.21 bits per heavy atom. The van der Waals surface area contributed by atoms with E-state index in [9.17, 15) is 0 Å². The van der Waals surface area contributed by atoms with Crippen LogP contribution in [0.4, 0.5) is 0 Å². The van der Waals surface area contributed by atoms with E-state index >= 15 is 0 Å². The third-order valence-electron chi connectivity index (χ3n) is 4.46. The lowest BCUT2D eigenvalue weighted by Crippen LogP contribution is -2.44. The molecule has 1 fully saturated rings. The van der Waals surface area contributed by atoms with Crippen LogP contribution in [0.25, 0.3) is 0 Å². The highest BCUT2D eigenvalue weighted by Gasteiger charge is 2.34. The van der Waals surface area contributed by atoms with Crippen molar-refractivity contribution < 1.29 is 0 Å². The fraction of sp³-hybridized carbons (Fsp3) is 1.00. The molecular weight excluding hydrogens is 300 g/mol. The number of hydrogen-bond donors (Lipinski definition) is 0. The Morgan fingerprint density at radius 2 is 1.84 bits per heavy atom. The number of hydrogen-bond acceptors (Lipinski definition) is 2. The van der Waals surface area contributed by atoms with Gasteiger partial charge in [0.25, 0.3) is 0 Å². The molecule has 0 aliphatic carbocycles. The van der Waals surface area contributed by atoms with Crippen molar-refractivity contribution in [2.24, 2.45) is 5.41 Å². The molecule has 1 saturated heterocycles. The highest BCUT2D eigenvalue weighted by Crippen LogP contribution is 2.35. The molecule has 1 heterocycles. The molecule has 1 atom stereocenters. The van der Waals surface area contributed by atoms with Crippen molar-refractivity contribution >= 4 is 15.9 Å². The summed E-state index contributed by atoms with van der Waals surface area (Å²) >= 11 is 3.82. The Morgan fingerprint density at radius 3 is 2.32 bits per heavy atom. The fourth-order valence-electron chi connectivity index (χ4n) is 3.68. The highest BCUT2D eigenvalue weighted by atomic mass is 79.9. The number of halogens is 1. The summed E-state index contributed by atoms with van der Waals surface area (Å²) in [5.41, 5.74) is 0.498. The summed E-state index contributed by atoms with van der Waals surface area (Å²) in [7, 11) is 4.40. The quantitative estimate of drug-likeness (QED) is 0.589. The van der Waals surface area contributed by atoms with Crippen LogP contribution in [0.3, 0.4) is 0 Å². The van der Waals surface area contributed by atoms with E-state index in [0.29, 0.717) is 5.41 Å². The zero-order valence-corrected chi connectivity index (χ0v) is 15.0. The van der Waals surface area contributed by atoms with Gasteiger partial charge in [-0.2, -0.15) is 0 Å². The molecule has 0 bridgehead atoms. The van der Waals surface area contributed by atoms with Crippen LogP contribution in [0, 0.1) is 5.41 Å². The van der Waals surface area contributed by atoms with Crippen molar-refractivity contribution in [1.29, 1.82) is 0 Å². The number of nitrogens with zero attached hydrogens (tertiary/aromatic N) is 2. The van der Waals surface area contributed by atoms with Gasteiger partial charge in [0.2, 0.25) is 0 Å². The van der Waals surface area contributed by atoms with Crippen LogP contribution >= 0.6 is 15.9 Å². The van der Waals surface area contributed by atoms with Crippen molar-refractivity contribution in [3.63, 3.8) is 0 Å². The summed E-state index contributed by atoms with van der Waals surface area (Å²) in [5.74, 6) is 0. The second-order valence-electron chi connectivity index (χ2n) is 6.66. The zero-order chi connectivity index (χ0) is 14.3. The monoisotopic (exact) mass is 332 g/mol. The minimum absolute atomic E-state index is 0.498. The summed E-state index contributed by atoms with van der Waals surface area (Å²) in [6.45, 7) is 8.47. The molecule has 0 aromatic heterocycles. The predicted octanol–water partition coefficient (Wildman–Crippen LogP) is 3.99. The lowest BCUT2D eigenvalue weighted by atomic mass is 9.80. The molecule has 2 nitrogen and oxygen atoms in total. The lowest BCUT2D eigenvalue weighted by Gasteiger charge is -2.38. The first-order valence-corrected chi connectivity index (χ1v) is 9.13. The molecule has 0 amide bonds. The van der Waals surface area contributed by atoms with Gasteiger partial charge in [-0.1, -0.05) is 42.6 Å². The van der Waals surface area contributed by atoms with E-state index in [1.54, 1.807) is 0 Å². The maximum absolute atomic E-state index is 3.82. The van der Waals surface area contributed by atoms with Gasteiger partial charge in [-0.25, -0.2) is 0 Å². The van der Waals surface area contributed by atoms with Crippen molar-refractivity contribution in [3.8, 4) is 0 Å². The molecule has 1 aliphatic rings. The number of rotatable bonds is 9. The first-order chi connectivity index (χ1) is 9.06. The van der Waals surface area contributed by atoms with Crippen LogP contribution in [-0.4, -0.2) is 54.9 Å². The molecule has 0 spiro atoms. The van der Waals surface area contributed by atoms with Crippen LogP contribution in [0.5, 0.6) is 0 Å². The number of likely N-dealkylation sites (tertiary alicyclic amines) is 1. The van der Waals surface area contributed by atoms with Crippen molar-refractivity contribution in [1.82, 2.24) is 9.80 Å².